The maximum Gasteiger partial charge on any atom is 0.586 e. The Bertz CT molecular complexity index is 1580. The van der Waals surface area contributed by atoms with Crippen LogP contribution in [-0.4, -0.2) is 41.2 Å². The highest BCUT2D eigenvalue weighted by molar-refractivity contribution is 6.01. The van der Waals surface area contributed by atoms with Crippen molar-refractivity contribution in [2.75, 3.05) is 11.9 Å². The monoisotopic (exact) mass is 623 g/mol. The molecule has 0 spiro atoms. The number of aryl methyl sites for hydroxylation is 1. The first-order valence-corrected chi connectivity index (χ1v) is 15.0. The summed E-state index contributed by atoms with van der Waals surface area (Å²) in [7, 11) is 0. The molecule has 2 N–H and O–H groups in total. The van der Waals surface area contributed by atoms with Crippen LogP contribution < -0.4 is 20.1 Å². The Hall–Kier alpha value is -4.54. The van der Waals surface area contributed by atoms with Gasteiger partial charge >= 0.3 is 12.3 Å². The number of aromatic nitrogens is 1. The van der Waals surface area contributed by atoms with E-state index in [1.54, 1.807) is 51.1 Å². The highest BCUT2D eigenvalue weighted by Gasteiger charge is 2.53. The number of alkyl halides is 2. The van der Waals surface area contributed by atoms with Crippen LogP contribution in [0.1, 0.15) is 81.8 Å². The van der Waals surface area contributed by atoms with Crippen LogP contribution in [0.2, 0.25) is 0 Å². The number of pyridine rings is 1. The van der Waals surface area contributed by atoms with E-state index < -0.39 is 17.3 Å². The molecule has 1 aromatic heterocycles. The molecular weight excluding hydrogens is 584 g/mol. The highest BCUT2D eigenvalue weighted by atomic mass is 19.3. The van der Waals surface area contributed by atoms with Crippen molar-refractivity contribution in [1.29, 1.82) is 0 Å². The number of amides is 2. The fourth-order valence-electron chi connectivity index (χ4n) is 4.88. The van der Waals surface area contributed by atoms with Crippen LogP contribution in [-0.2, 0) is 19.7 Å². The van der Waals surface area contributed by atoms with Crippen LogP contribution in [0.4, 0.5) is 14.6 Å². The van der Waals surface area contributed by atoms with Crippen LogP contribution in [0.15, 0.2) is 54.6 Å². The van der Waals surface area contributed by atoms with Gasteiger partial charge in [-0.15, -0.1) is 8.78 Å². The van der Waals surface area contributed by atoms with E-state index >= 15 is 0 Å². The van der Waals surface area contributed by atoms with Gasteiger partial charge in [-0.2, -0.15) is 0 Å². The van der Waals surface area contributed by atoms with E-state index in [0.717, 1.165) is 5.56 Å². The predicted octanol–water partition coefficient (Wildman–Crippen LogP) is 6.93. The first-order valence-electron chi connectivity index (χ1n) is 15.0. The Morgan fingerprint density at radius 1 is 0.978 bits per heavy atom. The standard InChI is InChI=1S/C32H33F2N3O6.C2H6/c1-19-10-13-25(37-29(40)31(14-15-31)22-11-12-23-24(18-22)42-32(33,34)41-23)36-27(19)20-7-5-8-21(17-20)28(39)35-16-6-9-26(38)43-30(2,3)4;1-2/h5,7-8,10-13,17-18H,6,9,14-16H2,1-4H3,(H,35,39)(H,36,37,40);1-2H3. The minimum Gasteiger partial charge on any atom is -0.460 e. The van der Waals surface area contributed by atoms with Gasteiger partial charge < -0.3 is 24.8 Å². The maximum absolute atomic E-state index is 13.5. The molecule has 240 valence electrons. The molecule has 1 aliphatic heterocycles. The molecule has 0 bridgehead atoms. The van der Waals surface area contributed by atoms with E-state index in [0.29, 0.717) is 54.0 Å². The third-order valence-corrected chi connectivity index (χ3v) is 7.14. The largest absolute Gasteiger partial charge is 0.586 e. The number of benzene rings is 2. The van der Waals surface area contributed by atoms with Crippen LogP contribution in [0, 0.1) is 6.92 Å². The number of hydrogen-bond acceptors (Lipinski definition) is 7. The van der Waals surface area contributed by atoms with E-state index in [4.69, 9.17) is 4.74 Å². The second kappa shape index (κ2) is 13.2. The Labute approximate surface area is 261 Å². The van der Waals surface area contributed by atoms with Crippen LogP contribution in [0.5, 0.6) is 11.5 Å². The lowest BCUT2D eigenvalue weighted by molar-refractivity contribution is -0.286. The second-order valence-electron chi connectivity index (χ2n) is 11.8. The summed E-state index contributed by atoms with van der Waals surface area (Å²) in [6.45, 7) is 11.6. The van der Waals surface area contributed by atoms with Gasteiger partial charge in [-0.1, -0.05) is 38.1 Å². The van der Waals surface area contributed by atoms with E-state index in [-0.39, 0.29) is 35.7 Å². The lowest BCUT2D eigenvalue weighted by Crippen LogP contribution is -2.28. The first-order chi connectivity index (χ1) is 21.2. The number of halogens is 2. The number of fused-ring (bicyclic) bond motifs is 1. The minimum absolute atomic E-state index is 0.0773. The molecule has 9 nitrogen and oxygen atoms in total. The fourth-order valence-corrected chi connectivity index (χ4v) is 4.88. The van der Waals surface area contributed by atoms with E-state index in [1.807, 2.05) is 32.9 Å². The van der Waals surface area contributed by atoms with Gasteiger partial charge in [0.05, 0.1) is 11.1 Å². The van der Waals surface area contributed by atoms with Gasteiger partial charge in [0.15, 0.2) is 11.5 Å². The molecule has 5 rings (SSSR count). The molecule has 2 heterocycles. The third kappa shape index (κ3) is 8.14. The van der Waals surface area contributed by atoms with E-state index in [1.165, 1.54) is 12.1 Å². The Kier molecular flexibility index (Phi) is 9.79. The summed E-state index contributed by atoms with van der Waals surface area (Å²) in [5, 5.41) is 5.70. The molecule has 0 atom stereocenters. The molecular formula is C34H39F2N3O6. The molecule has 1 aliphatic carbocycles. The van der Waals surface area contributed by atoms with Crippen LogP contribution in [0.25, 0.3) is 11.3 Å². The molecule has 3 aromatic rings. The van der Waals surface area contributed by atoms with Gasteiger partial charge in [-0.25, -0.2) is 4.98 Å². The summed E-state index contributed by atoms with van der Waals surface area (Å²) >= 11 is 0. The van der Waals surface area contributed by atoms with Gasteiger partial charge in [0, 0.05) is 24.1 Å². The zero-order valence-corrected chi connectivity index (χ0v) is 26.4. The van der Waals surface area contributed by atoms with Crippen molar-refractivity contribution in [2.45, 2.75) is 84.5 Å². The predicted molar refractivity (Wildman–Crippen MR) is 165 cm³/mol. The minimum atomic E-state index is -3.73. The quantitative estimate of drug-likeness (QED) is 0.196. The number of carbonyl (C=O) groups is 3. The highest BCUT2D eigenvalue weighted by Crippen LogP contribution is 2.52. The van der Waals surface area contributed by atoms with Gasteiger partial charge in [0.1, 0.15) is 11.4 Å². The summed E-state index contributed by atoms with van der Waals surface area (Å²) in [5.41, 5.74) is 1.66. The smallest absolute Gasteiger partial charge is 0.460 e. The topological polar surface area (TPSA) is 116 Å². The first kappa shape index (κ1) is 33.4. The number of anilines is 1. The van der Waals surface area contributed by atoms with Gasteiger partial charge in [0.2, 0.25) is 5.91 Å². The second-order valence-corrected chi connectivity index (χ2v) is 11.8. The normalized spacial score (nSPS) is 15.3. The van der Waals surface area contributed by atoms with Crippen molar-refractivity contribution in [3.05, 3.63) is 71.3 Å². The number of nitrogens with zero attached hydrogens (tertiary/aromatic N) is 1. The number of nitrogens with one attached hydrogen (secondary N) is 2. The van der Waals surface area contributed by atoms with Gasteiger partial charge in [-0.3, -0.25) is 14.4 Å². The van der Waals surface area contributed by atoms with E-state index in [9.17, 15) is 23.2 Å². The molecule has 0 saturated heterocycles. The Morgan fingerprint density at radius 2 is 1.69 bits per heavy atom. The summed E-state index contributed by atoms with van der Waals surface area (Å²) in [6.07, 6.45) is -2.00. The molecule has 0 radical (unpaired) electrons. The van der Waals surface area contributed by atoms with Crippen molar-refractivity contribution in [2.24, 2.45) is 0 Å². The SMILES string of the molecule is CC.Cc1ccc(NC(=O)C2(c3ccc4c(c3)OC(F)(F)O4)CC2)nc1-c1cccc(C(=O)NCCCC(=O)OC(C)(C)C)c1. The fraction of sp³-hybridized carbons (Fsp3) is 0.412. The maximum atomic E-state index is 13.5. The summed E-state index contributed by atoms with van der Waals surface area (Å²) in [6, 6.07) is 14.9. The van der Waals surface area contributed by atoms with E-state index in [2.05, 4.69) is 25.1 Å². The molecule has 0 unspecified atom stereocenters. The molecule has 11 heteroatoms. The van der Waals surface area contributed by atoms with Crippen molar-refractivity contribution in [3.63, 3.8) is 0 Å². The number of ether oxygens (including phenoxy) is 3. The van der Waals surface area contributed by atoms with Crippen LogP contribution in [0.3, 0.4) is 0 Å². The van der Waals surface area contributed by atoms with Crippen LogP contribution >= 0.6 is 0 Å². The molecule has 2 aliphatic rings. The number of hydrogen-bond donors (Lipinski definition) is 2. The lowest BCUT2D eigenvalue weighted by Gasteiger charge is -2.19. The Balaban J connectivity index is 0.00000226. The van der Waals surface area contributed by atoms with Crippen molar-refractivity contribution >= 4 is 23.6 Å². The number of rotatable bonds is 9. The average Bonchev–Trinajstić information content (AvgIpc) is 3.73. The third-order valence-electron chi connectivity index (χ3n) is 7.14. The van der Waals surface area contributed by atoms with Gasteiger partial charge in [-0.05, 0) is 88.4 Å². The average molecular weight is 624 g/mol. The molecule has 1 saturated carbocycles. The lowest BCUT2D eigenvalue weighted by atomic mass is 9.94. The zero-order valence-electron chi connectivity index (χ0n) is 26.4. The Morgan fingerprint density at radius 3 is 2.38 bits per heavy atom. The van der Waals surface area contributed by atoms with Crippen molar-refractivity contribution in [1.82, 2.24) is 10.3 Å². The zero-order chi connectivity index (χ0) is 33.0. The van der Waals surface area contributed by atoms with Crippen molar-refractivity contribution < 1.29 is 37.4 Å². The molecule has 2 amide bonds. The van der Waals surface area contributed by atoms with Gasteiger partial charge in [0.25, 0.3) is 5.91 Å². The number of carbonyl (C=O) groups excluding carboxylic acids is 3. The summed E-state index contributed by atoms with van der Waals surface area (Å²) in [4.78, 5) is 42.7. The molecule has 45 heavy (non-hydrogen) atoms. The summed E-state index contributed by atoms with van der Waals surface area (Å²) in [5.74, 6) is -0.771. The summed E-state index contributed by atoms with van der Waals surface area (Å²) < 4.78 is 41.3. The molecule has 1 fully saturated rings. The van der Waals surface area contributed by atoms with Crippen molar-refractivity contribution in [3.8, 4) is 22.8 Å². The molecule has 2 aromatic carbocycles. The number of esters is 1.